The predicted molar refractivity (Wildman–Crippen MR) is 98.5 cm³/mol. The summed E-state index contributed by atoms with van der Waals surface area (Å²) in [5.41, 5.74) is 0.0438. The molecule has 7 N–H and O–H groups in total. The number of esters is 1. The molecular weight excluding hydrogens is 420 g/mol. The van der Waals surface area contributed by atoms with E-state index >= 15 is 0 Å². The van der Waals surface area contributed by atoms with Gasteiger partial charge in [0.15, 0.2) is 6.29 Å². The Hall–Kier alpha value is -1.87. The first-order valence-electron chi connectivity index (χ1n) is 9.61. The minimum Gasteiger partial charge on any atom is -0.508 e. The van der Waals surface area contributed by atoms with E-state index in [9.17, 15) is 40.5 Å². The fourth-order valence-electron chi connectivity index (χ4n) is 3.26. The minimum absolute atomic E-state index is 0.0438. The number of carbonyl (C=O) groups excluding carboxylic acids is 1. The lowest BCUT2D eigenvalue weighted by molar-refractivity contribution is -0.321. The van der Waals surface area contributed by atoms with Gasteiger partial charge in [-0.25, -0.2) is 4.79 Å². The normalized spacial score (nSPS) is 41.0. The van der Waals surface area contributed by atoms with Gasteiger partial charge >= 0.3 is 5.97 Å². The molecule has 0 spiro atoms. The average molecular weight is 446 g/mol. The van der Waals surface area contributed by atoms with E-state index in [0.717, 1.165) is 0 Å². The number of phenols is 1. The van der Waals surface area contributed by atoms with E-state index in [2.05, 4.69) is 0 Å². The Bertz CT molecular complexity index is 742. The van der Waals surface area contributed by atoms with Gasteiger partial charge in [-0.2, -0.15) is 0 Å². The SMILES string of the molecule is CC1OC(OCC2OC(OC(=O)c3ccc(O)cc3)C(O)C(O)C2O)C(O)C(O)C1O. The molecule has 2 aliphatic rings. The van der Waals surface area contributed by atoms with Crippen LogP contribution in [0.1, 0.15) is 17.3 Å². The molecule has 31 heavy (non-hydrogen) atoms. The Labute approximate surface area is 176 Å². The van der Waals surface area contributed by atoms with Crippen molar-refractivity contribution in [2.45, 2.75) is 68.3 Å². The van der Waals surface area contributed by atoms with Crippen LogP contribution in [-0.2, 0) is 18.9 Å². The third-order valence-corrected chi connectivity index (χ3v) is 5.23. The largest absolute Gasteiger partial charge is 0.508 e. The lowest BCUT2D eigenvalue weighted by Gasteiger charge is -2.42. The molecule has 0 aromatic heterocycles. The number of hydrogen-bond acceptors (Lipinski definition) is 12. The van der Waals surface area contributed by atoms with Gasteiger partial charge in [0.25, 0.3) is 0 Å². The van der Waals surface area contributed by atoms with Gasteiger partial charge in [0.2, 0.25) is 6.29 Å². The summed E-state index contributed by atoms with van der Waals surface area (Å²) in [6.45, 7) is 0.983. The quantitative estimate of drug-likeness (QED) is 0.230. The Morgan fingerprint density at radius 3 is 2.06 bits per heavy atom. The second kappa shape index (κ2) is 9.73. The highest BCUT2D eigenvalue weighted by atomic mass is 16.7. The Morgan fingerprint density at radius 2 is 1.42 bits per heavy atom. The van der Waals surface area contributed by atoms with Crippen molar-refractivity contribution in [3.8, 4) is 5.75 Å². The molecule has 10 atom stereocenters. The van der Waals surface area contributed by atoms with Crippen LogP contribution in [0.5, 0.6) is 5.75 Å². The van der Waals surface area contributed by atoms with Gasteiger partial charge in [0.05, 0.1) is 18.3 Å². The van der Waals surface area contributed by atoms with Crippen LogP contribution in [0, 0.1) is 0 Å². The molecule has 0 saturated carbocycles. The van der Waals surface area contributed by atoms with E-state index in [1.165, 1.54) is 31.2 Å². The van der Waals surface area contributed by atoms with E-state index in [1.807, 2.05) is 0 Å². The van der Waals surface area contributed by atoms with Crippen molar-refractivity contribution in [3.63, 3.8) is 0 Å². The summed E-state index contributed by atoms with van der Waals surface area (Å²) in [6, 6.07) is 5.07. The fraction of sp³-hybridized carbons (Fsp3) is 0.632. The molecule has 0 bridgehead atoms. The van der Waals surface area contributed by atoms with E-state index in [1.54, 1.807) is 0 Å². The summed E-state index contributed by atoms with van der Waals surface area (Å²) < 4.78 is 21.1. The molecule has 12 heteroatoms. The molecule has 0 aliphatic carbocycles. The molecule has 3 rings (SSSR count). The van der Waals surface area contributed by atoms with Gasteiger partial charge in [0, 0.05) is 0 Å². The van der Waals surface area contributed by atoms with Crippen LogP contribution in [0.25, 0.3) is 0 Å². The molecule has 12 nitrogen and oxygen atoms in total. The Morgan fingerprint density at radius 1 is 0.839 bits per heavy atom. The number of aromatic hydroxyl groups is 1. The van der Waals surface area contributed by atoms with Gasteiger partial charge in [-0.05, 0) is 31.2 Å². The number of ether oxygens (including phenoxy) is 4. The van der Waals surface area contributed by atoms with Crippen molar-refractivity contribution in [1.29, 1.82) is 0 Å². The number of phenolic OH excluding ortho intramolecular Hbond substituents is 1. The van der Waals surface area contributed by atoms with Gasteiger partial charge in [-0.15, -0.1) is 0 Å². The van der Waals surface area contributed by atoms with Crippen LogP contribution < -0.4 is 0 Å². The smallest absolute Gasteiger partial charge is 0.340 e. The van der Waals surface area contributed by atoms with E-state index in [0.29, 0.717) is 0 Å². The number of benzene rings is 1. The van der Waals surface area contributed by atoms with E-state index < -0.39 is 74.0 Å². The standard InChI is InChI=1S/C19H26O12/c1-7-11(21)13(23)15(25)18(29-7)28-6-10-12(22)14(24)16(26)19(30-10)31-17(27)8-2-4-9(20)5-3-8/h2-5,7,10-16,18-26H,6H2,1H3. The molecule has 2 heterocycles. The van der Waals surface area contributed by atoms with E-state index in [4.69, 9.17) is 18.9 Å². The molecule has 2 saturated heterocycles. The van der Waals surface area contributed by atoms with Crippen LogP contribution in [0.15, 0.2) is 24.3 Å². The molecule has 2 fully saturated rings. The monoisotopic (exact) mass is 446 g/mol. The number of aliphatic hydroxyl groups excluding tert-OH is 6. The van der Waals surface area contributed by atoms with Crippen molar-refractivity contribution in [2.75, 3.05) is 6.61 Å². The van der Waals surface area contributed by atoms with E-state index in [-0.39, 0.29) is 11.3 Å². The maximum Gasteiger partial charge on any atom is 0.340 e. The van der Waals surface area contributed by atoms with Gasteiger partial charge in [-0.1, -0.05) is 0 Å². The van der Waals surface area contributed by atoms with Crippen molar-refractivity contribution < 1.29 is 59.5 Å². The molecule has 2 aliphatic heterocycles. The number of carbonyl (C=O) groups is 1. The molecule has 1 aromatic carbocycles. The first-order chi connectivity index (χ1) is 14.6. The molecule has 174 valence electrons. The summed E-state index contributed by atoms with van der Waals surface area (Å²) in [5.74, 6) is -0.982. The van der Waals surface area contributed by atoms with Crippen molar-refractivity contribution in [3.05, 3.63) is 29.8 Å². The Balaban J connectivity index is 1.63. The van der Waals surface area contributed by atoms with Crippen LogP contribution in [-0.4, -0.2) is 110 Å². The zero-order valence-corrected chi connectivity index (χ0v) is 16.5. The molecule has 10 unspecified atom stereocenters. The van der Waals surface area contributed by atoms with Gasteiger partial charge < -0.3 is 54.7 Å². The van der Waals surface area contributed by atoms with Crippen molar-refractivity contribution >= 4 is 5.97 Å². The Kier molecular flexibility index (Phi) is 7.47. The molecule has 0 radical (unpaired) electrons. The minimum atomic E-state index is -1.76. The third-order valence-electron chi connectivity index (χ3n) is 5.23. The average Bonchev–Trinajstić information content (AvgIpc) is 2.75. The second-order valence-corrected chi connectivity index (χ2v) is 7.48. The zero-order valence-electron chi connectivity index (χ0n) is 16.5. The zero-order chi connectivity index (χ0) is 22.9. The summed E-state index contributed by atoms with van der Waals surface area (Å²) in [6.07, 6.45) is -14.8. The first kappa shape index (κ1) is 23.8. The summed E-state index contributed by atoms with van der Waals surface area (Å²) >= 11 is 0. The highest BCUT2D eigenvalue weighted by Gasteiger charge is 2.47. The number of hydrogen-bond donors (Lipinski definition) is 7. The van der Waals surface area contributed by atoms with Crippen molar-refractivity contribution in [2.24, 2.45) is 0 Å². The van der Waals surface area contributed by atoms with Crippen LogP contribution >= 0.6 is 0 Å². The highest BCUT2D eigenvalue weighted by Crippen LogP contribution is 2.26. The number of aliphatic hydroxyl groups is 6. The summed E-state index contributed by atoms with van der Waals surface area (Å²) in [4.78, 5) is 12.2. The van der Waals surface area contributed by atoms with Crippen molar-refractivity contribution in [1.82, 2.24) is 0 Å². The molecule has 1 aromatic rings. The van der Waals surface area contributed by atoms with Gasteiger partial charge in [0.1, 0.15) is 48.5 Å². The predicted octanol–water partition coefficient (Wildman–Crippen LogP) is -2.80. The second-order valence-electron chi connectivity index (χ2n) is 7.48. The lowest BCUT2D eigenvalue weighted by Crippen LogP contribution is -2.61. The topological polar surface area (TPSA) is 196 Å². The van der Waals surface area contributed by atoms with Gasteiger partial charge in [-0.3, -0.25) is 0 Å². The third kappa shape index (κ3) is 5.14. The maximum absolute atomic E-state index is 12.2. The summed E-state index contributed by atoms with van der Waals surface area (Å²) in [7, 11) is 0. The van der Waals surface area contributed by atoms with Crippen LogP contribution in [0.3, 0.4) is 0 Å². The molecule has 0 amide bonds. The summed E-state index contributed by atoms with van der Waals surface area (Å²) in [5, 5.41) is 69.2. The first-order valence-corrected chi connectivity index (χ1v) is 9.61. The molecular formula is C19H26O12. The fourth-order valence-corrected chi connectivity index (χ4v) is 3.26. The highest BCUT2D eigenvalue weighted by molar-refractivity contribution is 5.89. The van der Waals surface area contributed by atoms with Crippen LogP contribution in [0.2, 0.25) is 0 Å². The maximum atomic E-state index is 12.2. The number of rotatable bonds is 5. The lowest BCUT2D eigenvalue weighted by atomic mass is 9.98. The van der Waals surface area contributed by atoms with Crippen LogP contribution in [0.4, 0.5) is 0 Å².